The molecule has 0 atom stereocenters. The van der Waals surface area contributed by atoms with Crippen LogP contribution in [0.1, 0.15) is 5.56 Å². The number of hydrogen-bond acceptors (Lipinski definition) is 7. The molecule has 0 radical (unpaired) electrons. The lowest BCUT2D eigenvalue weighted by atomic mass is 10.2. The molecule has 0 saturated heterocycles. The third kappa shape index (κ3) is 4.02. The van der Waals surface area contributed by atoms with Gasteiger partial charge in [0.2, 0.25) is 11.5 Å². The van der Waals surface area contributed by atoms with Crippen molar-refractivity contribution in [2.45, 2.75) is 6.61 Å². The molecule has 0 aliphatic rings. The molecule has 0 saturated carbocycles. The molecule has 0 aromatic heterocycles. The maximum absolute atomic E-state index is 11.4. The lowest BCUT2D eigenvalue weighted by Gasteiger charge is -2.04. The summed E-state index contributed by atoms with van der Waals surface area (Å²) in [5, 5.41) is 21.5. The minimum atomic E-state index is -1.13. The summed E-state index contributed by atoms with van der Waals surface area (Å²) in [6, 6.07) is 5.28. The van der Waals surface area contributed by atoms with Crippen molar-refractivity contribution in [2.24, 2.45) is 5.16 Å². The molecule has 0 fully saturated rings. The van der Waals surface area contributed by atoms with Crippen LogP contribution in [0, 0.1) is 10.1 Å². The van der Waals surface area contributed by atoms with Gasteiger partial charge in [0.05, 0.1) is 10.8 Å². The molecule has 0 unspecified atom stereocenters. The predicted octanol–water partition coefficient (Wildman–Crippen LogP) is 1.28. The molecular weight excluding hydrogens is 292 g/mol. The van der Waals surface area contributed by atoms with Crippen molar-refractivity contribution in [3.8, 4) is 0 Å². The average Bonchev–Trinajstić information content (AvgIpc) is 2.46. The Labute approximate surface area is 117 Å². The number of carbonyl (C=O) groups is 2. The van der Waals surface area contributed by atoms with Gasteiger partial charge in [0.1, 0.15) is 6.61 Å². The van der Waals surface area contributed by atoms with Crippen LogP contribution in [0.5, 0.6) is 0 Å². The van der Waals surface area contributed by atoms with E-state index >= 15 is 0 Å². The van der Waals surface area contributed by atoms with Gasteiger partial charge in [-0.2, -0.15) is 0 Å². The molecule has 106 valence electrons. The Balaban J connectivity index is 2.65. The summed E-state index contributed by atoms with van der Waals surface area (Å²) in [6.07, 6.45) is 0. The molecule has 0 aliphatic carbocycles. The topological polar surface area (TPSA) is 119 Å². The normalized spacial score (nSPS) is 10.9. The standard InChI is InChI=1S/C11H9ClN2O6/c12-5-9(15)10(13-17)11(16)20-6-7-1-3-8(4-2-7)14(18)19/h1-4,17H,5-6H2/b13-10-. The second kappa shape index (κ2) is 7.19. The molecule has 0 bridgehead atoms. The van der Waals surface area contributed by atoms with Gasteiger partial charge in [0.25, 0.3) is 5.69 Å². The Morgan fingerprint density at radius 1 is 1.35 bits per heavy atom. The Morgan fingerprint density at radius 2 is 1.95 bits per heavy atom. The number of rotatable bonds is 6. The van der Waals surface area contributed by atoms with Crippen molar-refractivity contribution >= 4 is 34.8 Å². The van der Waals surface area contributed by atoms with Gasteiger partial charge in [-0.15, -0.1) is 11.6 Å². The maximum atomic E-state index is 11.4. The number of non-ortho nitro benzene ring substituents is 1. The Bertz CT molecular complexity index is 555. The monoisotopic (exact) mass is 300 g/mol. The van der Waals surface area contributed by atoms with Gasteiger partial charge in [0, 0.05) is 12.1 Å². The van der Waals surface area contributed by atoms with Crippen LogP contribution < -0.4 is 0 Å². The molecule has 20 heavy (non-hydrogen) atoms. The molecule has 9 heteroatoms. The van der Waals surface area contributed by atoms with Gasteiger partial charge in [-0.3, -0.25) is 14.9 Å². The van der Waals surface area contributed by atoms with Crippen molar-refractivity contribution in [3.63, 3.8) is 0 Å². The van der Waals surface area contributed by atoms with E-state index in [9.17, 15) is 19.7 Å². The van der Waals surface area contributed by atoms with Crippen LogP contribution >= 0.6 is 11.6 Å². The number of Topliss-reactive ketones (excluding diaryl/α,β-unsaturated/α-hetero) is 1. The van der Waals surface area contributed by atoms with Gasteiger partial charge < -0.3 is 9.94 Å². The first-order valence-corrected chi connectivity index (χ1v) is 5.74. The highest BCUT2D eigenvalue weighted by Crippen LogP contribution is 2.12. The highest BCUT2D eigenvalue weighted by Gasteiger charge is 2.22. The summed E-state index contributed by atoms with van der Waals surface area (Å²) in [5.74, 6) is -2.52. The number of nitro benzene ring substituents is 1. The number of ether oxygens (including phenoxy) is 1. The van der Waals surface area contributed by atoms with E-state index in [4.69, 9.17) is 21.5 Å². The number of halogens is 1. The van der Waals surface area contributed by atoms with E-state index in [0.717, 1.165) is 0 Å². The summed E-state index contributed by atoms with van der Waals surface area (Å²) in [7, 11) is 0. The van der Waals surface area contributed by atoms with Gasteiger partial charge in [-0.05, 0) is 17.7 Å². The SMILES string of the molecule is O=C(CCl)/C(=N/O)C(=O)OCc1ccc([N+](=O)[O-])cc1. The molecule has 1 rings (SSSR count). The molecule has 8 nitrogen and oxygen atoms in total. The molecule has 0 amide bonds. The second-order valence-electron chi connectivity index (χ2n) is 3.51. The van der Waals surface area contributed by atoms with E-state index in [-0.39, 0.29) is 12.3 Å². The van der Waals surface area contributed by atoms with Crippen molar-refractivity contribution in [2.75, 3.05) is 5.88 Å². The first-order valence-electron chi connectivity index (χ1n) is 5.21. The second-order valence-corrected chi connectivity index (χ2v) is 3.77. The summed E-state index contributed by atoms with van der Waals surface area (Å²) in [5.41, 5.74) is -0.434. The highest BCUT2D eigenvalue weighted by atomic mass is 35.5. The zero-order valence-corrected chi connectivity index (χ0v) is 10.7. The van der Waals surface area contributed by atoms with Crippen LogP contribution in [0.25, 0.3) is 0 Å². The molecule has 0 heterocycles. The zero-order chi connectivity index (χ0) is 15.1. The van der Waals surface area contributed by atoms with Crippen molar-refractivity contribution in [3.05, 3.63) is 39.9 Å². The molecular formula is C11H9ClN2O6. The number of oxime groups is 1. The third-order valence-electron chi connectivity index (χ3n) is 2.20. The van der Waals surface area contributed by atoms with E-state index in [1.165, 1.54) is 24.3 Å². The van der Waals surface area contributed by atoms with Crippen LogP contribution in [-0.4, -0.2) is 33.5 Å². The summed E-state index contributed by atoms with van der Waals surface area (Å²) in [6.45, 7) is -0.231. The number of nitro groups is 1. The Morgan fingerprint density at radius 3 is 2.40 bits per heavy atom. The van der Waals surface area contributed by atoms with E-state index in [2.05, 4.69) is 5.16 Å². The summed E-state index contributed by atoms with van der Waals surface area (Å²) >= 11 is 5.22. The minimum absolute atomic E-state index is 0.102. The fraction of sp³-hybridized carbons (Fsp3) is 0.182. The van der Waals surface area contributed by atoms with Gasteiger partial charge in [0.15, 0.2) is 0 Å². The third-order valence-corrected chi connectivity index (χ3v) is 2.44. The summed E-state index contributed by atoms with van der Waals surface area (Å²) in [4.78, 5) is 32.4. The fourth-order valence-corrected chi connectivity index (χ4v) is 1.33. The van der Waals surface area contributed by atoms with Gasteiger partial charge in [-0.1, -0.05) is 5.16 Å². The molecule has 1 aromatic carbocycles. The zero-order valence-electron chi connectivity index (χ0n) is 9.98. The Hall–Kier alpha value is -2.48. The number of carbonyl (C=O) groups excluding carboxylic acids is 2. The molecule has 0 aliphatic heterocycles. The highest BCUT2D eigenvalue weighted by molar-refractivity contribution is 6.67. The van der Waals surface area contributed by atoms with E-state index in [1.807, 2.05) is 0 Å². The van der Waals surface area contributed by atoms with Crippen LogP contribution in [-0.2, 0) is 20.9 Å². The van der Waals surface area contributed by atoms with E-state index in [1.54, 1.807) is 0 Å². The van der Waals surface area contributed by atoms with Crippen LogP contribution in [0.3, 0.4) is 0 Å². The summed E-state index contributed by atoms with van der Waals surface area (Å²) < 4.78 is 4.73. The van der Waals surface area contributed by atoms with Crippen molar-refractivity contribution in [1.82, 2.24) is 0 Å². The van der Waals surface area contributed by atoms with E-state index < -0.39 is 28.3 Å². The number of esters is 1. The first-order chi connectivity index (χ1) is 9.49. The smallest absolute Gasteiger partial charge is 0.364 e. The largest absolute Gasteiger partial charge is 0.456 e. The fourth-order valence-electron chi connectivity index (χ4n) is 1.20. The van der Waals surface area contributed by atoms with Gasteiger partial charge in [-0.25, -0.2) is 4.79 Å². The number of hydrogen-bond donors (Lipinski definition) is 1. The quantitative estimate of drug-likeness (QED) is 0.161. The van der Waals surface area contributed by atoms with Crippen LogP contribution in [0.4, 0.5) is 5.69 Å². The maximum Gasteiger partial charge on any atom is 0.364 e. The van der Waals surface area contributed by atoms with Crippen LogP contribution in [0.2, 0.25) is 0 Å². The number of nitrogens with zero attached hydrogens (tertiary/aromatic N) is 2. The van der Waals surface area contributed by atoms with Crippen LogP contribution in [0.15, 0.2) is 29.4 Å². The van der Waals surface area contributed by atoms with E-state index in [0.29, 0.717) is 5.56 Å². The lowest BCUT2D eigenvalue weighted by Crippen LogP contribution is -2.27. The minimum Gasteiger partial charge on any atom is -0.456 e. The van der Waals surface area contributed by atoms with Crippen molar-refractivity contribution in [1.29, 1.82) is 0 Å². The average molecular weight is 301 g/mol. The molecule has 1 N–H and O–H groups in total. The number of benzene rings is 1. The lowest BCUT2D eigenvalue weighted by molar-refractivity contribution is -0.384. The van der Waals surface area contributed by atoms with Gasteiger partial charge >= 0.3 is 5.97 Å². The first kappa shape index (κ1) is 15.6. The Kier molecular flexibility index (Phi) is 5.60. The van der Waals surface area contributed by atoms with Crippen molar-refractivity contribution < 1.29 is 24.5 Å². The number of ketones is 1. The molecule has 1 aromatic rings. The molecule has 0 spiro atoms. The predicted molar refractivity (Wildman–Crippen MR) is 67.8 cm³/mol. The number of alkyl halides is 1.